The highest BCUT2D eigenvalue weighted by molar-refractivity contribution is 4.91. The quantitative estimate of drug-likeness (QED) is 0.560. The van der Waals surface area contributed by atoms with E-state index in [4.69, 9.17) is 5.73 Å². The van der Waals surface area contributed by atoms with Crippen LogP contribution in [0, 0.1) is 0 Å². The molecule has 0 bridgehead atoms. The zero-order valence-corrected chi connectivity index (χ0v) is 5.15. The standard InChI is InChI=1S/C6H12N2/c1-3-4-8-5-6(2)7/h3-4,8H,2,5,7H2,1H3/b4-3-. The number of nitrogens with one attached hydrogen (secondary N) is 1. The molecule has 0 saturated heterocycles. The Kier molecular flexibility index (Phi) is 3.76. The van der Waals surface area contributed by atoms with E-state index in [1.54, 1.807) is 0 Å². The maximum absolute atomic E-state index is 5.24. The van der Waals surface area contributed by atoms with Crippen molar-refractivity contribution in [1.82, 2.24) is 5.32 Å². The molecule has 0 spiro atoms. The molecule has 2 heteroatoms. The molecule has 0 saturated carbocycles. The molecule has 0 amide bonds. The number of hydrogen-bond acceptors (Lipinski definition) is 2. The first-order valence-corrected chi connectivity index (χ1v) is 2.55. The van der Waals surface area contributed by atoms with Gasteiger partial charge in [-0.15, -0.1) is 0 Å². The molecule has 0 aliphatic rings. The van der Waals surface area contributed by atoms with Gasteiger partial charge in [-0.25, -0.2) is 0 Å². The van der Waals surface area contributed by atoms with Crippen LogP contribution in [0.4, 0.5) is 0 Å². The van der Waals surface area contributed by atoms with Crippen molar-refractivity contribution in [1.29, 1.82) is 0 Å². The fourth-order valence-electron chi connectivity index (χ4n) is 0.308. The van der Waals surface area contributed by atoms with Crippen LogP contribution in [0.3, 0.4) is 0 Å². The highest BCUT2D eigenvalue weighted by Gasteiger charge is 1.76. The maximum Gasteiger partial charge on any atom is 0.0534 e. The van der Waals surface area contributed by atoms with E-state index in [1.807, 2.05) is 19.2 Å². The molecule has 0 aromatic rings. The van der Waals surface area contributed by atoms with Crippen molar-refractivity contribution < 1.29 is 0 Å². The van der Waals surface area contributed by atoms with Crippen LogP contribution >= 0.6 is 0 Å². The Morgan fingerprint density at radius 3 is 2.88 bits per heavy atom. The van der Waals surface area contributed by atoms with Crippen molar-refractivity contribution >= 4 is 0 Å². The third-order valence-corrected chi connectivity index (χ3v) is 0.614. The zero-order chi connectivity index (χ0) is 6.41. The van der Waals surface area contributed by atoms with Gasteiger partial charge < -0.3 is 11.1 Å². The molecule has 2 nitrogen and oxygen atoms in total. The summed E-state index contributed by atoms with van der Waals surface area (Å²) in [5.74, 6) is 0. The molecule has 0 fully saturated rings. The summed E-state index contributed by atoms with van der Waals surface area (Å²) in [5.41, 5.74) is 5.90. The Balaban J connectivity index is 3.05. The van der Waals surface area contributed by atoms with E-state index in [1.165, 1.54) is 0 Å². The van der Waals surface area contributed by atoms with Gasteiger partial charge in [-0.3, -0.25) is 0 Å². The predicted molar refractivity (Wildman–Crippen MR) is 36.1 cm³/mol. The van der Waals surface area contributed by atoms with E-state index < -0.39 is 0 Å². The lowest BCUT2D eigenvalue weighted by Gasteiger charge is -1.95. The smallest absolute Gasteiger partial charge is 0.0534 e. The number of hydrogen-bond donors (Lipinski definition) is 2. The highest BCUT2D eigenvalue weighted by atomic mass is 14.9. The van der Waals surface area contributed by atoms with Crippen molar-refractivity contribution in [3.8, 4) is 0 Å². The van der Waals surface area contributed by atoms with E-state index in [0.29, 0.717) is 12.2 Å². The first-order chi connectivity index (χ1) is 3.77. The SMILES string of the molecule is C=C(N)CN/C=C\C. The van der Waals surface area contributed by atoms with Gasteiger partial charge in [0.2, 0.25) is 0 Å². The molecule has 0 radical (unpaired) electrons. The van der Waals surface area contributed by atoms with Gasteiger partial charge in [-0.2, -0.15) is 0 Å². The van der Waals surface area contributed by atoms with E-state index in [0.717, 1.165) is 0 Å². The lowest BCUT2D eigenvalue weighted by molar-refractivity contribution is 0.926. The lowest BCUT2D eigenvalue weighted by atomic mass is 10.5. The summed E-state index contributed by atoms with van der Waals surface area (Å²) in [6, 6.07) is 0. The predicted octanol–water partition coefficient (Wildman–Crippen LogP) is 0.582. The van der Waals surface area contributed by atoms with E-state index in [2.05, 4.69) is 11.9 Å². The Bertz CT molecular complexity index is 94.7. The molecule has 8 heavy (non-hydrogen) atoms. The molecular weight excluding hydrogens is 100 g/mol. The summed E-state index contributed by atoms with van der Waals surface area (Å²) in [6.45, 7) is 6.10. The first kappa shape index (κ1) is 7.08. The van der Waals surface area contributed by atoms with Crippen molar-refractivity contribution in [2.24, 2.45) is 5.73 Å². The van der Waals surface area contributed by atoms with Crippen molar-refractivity contribution in [3.05, 3.63) is 24.6 Å². The molecule has 0 unspecified atom stereocenters. The van der Waals surface area contributed by atoms with Gasteiger partial charge >= 0.3 is 0 Å². The third-order valence-electron chi connectivity index (χ3n) is 0.614. The molecule has 0 atom stereocenters. The molecular formula is C6H12N2. The number of allylic oxidation sites excluding steroid dienone is 1. The van der Waals surface area contributed by atoms with Gasteiger partial charge in [0.15, 0.2) is 0 Å². The van der Waals surface area contributed by atoms with E-state index in [9.17, 15) is 0 Å². The molecule has 0 heterocycles. The highest BCUT2D eigenvalue weighted by Crippen LogP contribution is 1.70. The normalized spacial score (nSPS) is 9.62. The summed E-state index contributed by atoms with van der Waals surface area (Å²) in [7, 11) is 0. The summed E-state index contributed by atoms with van der Waals surface area (Å²) in [5, 5.41) is 2.93. The topological polar surface area (TPSA) is 38.0 Å². The Morgan fingerprint density at radius 1 is 1.88 bits per heavy atom. The van der Waals surface area contributed by atoms with Crippen molar-refractivity contribution in [2.75, 3.05) is 6.54 Å². The van der Waals surface area contributed by atoms with Crippen molar-refractivity contribution in [3.63, 3.8) is 0 Å². The number of nitrogens with two attached hydrogens (primary N) is 1. The maximum atomic E-state index is 5.24. The summed E-state index contributed by atoms with van der Waals surface area (Å²) >= 11 is 0. The summed E-state index contributed by atoms with van der Waals surface area (Å²) in [4.78, 5) is 0. The summed E-state index contributed by atoms with van der Waals surface area (Å²) in [6.07, 6.45) is 3.74. The summed E-state index contributed by atoms with van der Waals surface area (Å²) < 4.78 is 0. The minimum Gasteiger partial charge on any atom is -0.401 e. The molecule has 3 N–H and O–H groups in total. The fraction of sp³-hybridized carbons (Fsp3) is 0.333. The Morgan fingerprint density at radius 2 is 2.50 bits per heavy atom. The fourth-order valence-corrected chi connectivity index (χ4v) is 0.308. The zero-order valence-electron chi connectivity index (χ0n) is 5.15. The van der Waals surface area contributed by atoms with Gasteiger partial charge in [-0.1, -0.05) is 12.7 Å². The average molecular weight is 112 g/mol. The molecule has 46 valence electrons. The average Bonchev–Trinajstić information content (AvgIpc) is 1.66. The third kappa shape index (κ3) is 5.08. The second-order valence-corrected chi connectivity index (χ2v) is 1.54. The second kappa shape index (κ2) is 4.24. The Labute approximate surface area is 50.1 Å². The van der Waals surface area contributed by atoms with Crippen LogP contribution in [0.5, 0.6) is 0 Å². The molecule has 0 aliphatic carbocycles. The van der Waals surface area contributed by atoms with Gasteiger partial charge in [0, 0.05) is 5.70 Å². The van der Waals surface area contributed by atoms with E-state index >= 15 is 0 Å². The van der Waals surface area contributed by atoms with Crippen LogP contribution in [0.2, 0.25) is 0 Å². The van der Waals surface area contributed by atoms with E-state index in [-0.39, 0.29) is 0 Å². The van der Waals surface area contributed by atoms with Crippen LogP contribution in [0.15, 0.2) is 24.6 Å². The van der Waals surface area contributed by atoms with Crippen LogP contribution in [0.1, 0.15) is 6.92 Å². The van der Waals surface area contributed by atoms with Crippen LogP contribution in [-0.2, 0) is 0 Å². The van der Waals surface area contributed by atoms with Crippen LogP contribution in [0.25, 0.3) is 0 Å². The molecule has 0 aliphatic heterocycles. The molecule has 0 rings (SSSR count). The monoisotopic (exact) mass is 112 g/mol. The van der Waals surface area contributed by atoms with Gasteiger partial charge in [0.25, 0.3) is 0 Å². The second-order valence-electron chi connectivity index (χ2n) is 1.54. The van der Waals surface area contributed by atoms with Gasteiger partial charge in [-0.05, 0) is 13.1 Å². The van der Waals surface area contributed by atoms with Crippen LogP contribution in [-0.4, -0.2) is 6.54 Å². The van der Waals surface area contributed by atoms with Crippen molar-refractivity contribution in [2.45, 2.75) is 6.92 Å². The van der Waals surface area contributed by atoms with Gasteiger partial charge in [0.05, 0.1) is 6.54 Å². The van der Waals surface area contributed by atoms with Crippen LogP contribution < -0.4 is 11.1 Å². The Hall–Kier alpha value is -0.920. The minimum absolute atomic E-state index is 0.656. The van der Waals surface area contributed by atoms with Gasteiger partial charge in [0.1, 0.15) is 0 Å². The molecule has 0 aromatic carbocycles. The lowest BCUT2D eigenvalue weighted by Crippen LogP contribution is -2.13. The minimum atomic E-state index is 0.656. The first-order valence-electron chi connectivity index (χ1n) is 2.55. The largest absolute Gasteiger partial charge is 0.401 e. The molecule has 0 aromatic heterocycles. The number of rotatable bonds is 3.